The Morgan fingerprint density at radius 3 is 2.61 bits per heavy atom. The largest absolute Gasteiger partial charge is 0.476 e. The van der Waals surface area contributed by atoms with Gasteiger partial charge < -0.3 is 19.3 Å². The highest BCUT2D eigenvalue weighted by Gasteiger charge is 2.36. The van der Waals surface area contributed by atoms with E-state index >= 15 is 0 Å². The first-order valence-electron chi connectivity index (χ1n) is 9.25. The van der Waals surface area contributed by atoms with Crippen molar-refractivity contribution in [3.05, 3.63) is 59.4 Å². The van der Waals surface area contributed by atoms with Crippen LogP contribution in [0.4, 0.5) is 10.1 Å². The van der Waals surface area contributed by atoms with Gasteiger partial charge in [-0.05, 0) is 36.8 Å². The number of hydrogen-bond donors (Lipinski definition) is 0. The second kappa shape index (κ2) is 7.59. The lowest BCUT2D eigenvalue weighted by atomic mass is 10.1. The Labute approximate surface area is 162 Å². The van der Waals surface area contributed by atoms with Crippen LogP contribution in [-0.2, 0) is 9.53 Å². The maximum Gasteiger partial charge on any atom is 0.265 e. The first-order chi connectivity index (χ1) is 13.5. The lowest BCUT2D eigenvalue weighted by Gasteiger charge is -2.37. The van der Waals surface area contributed by atoms with Gasteiger partial charge in [0.1, 0.15) is 11.6 Å². The van der Waals surface area contributed by atoms with Crippen molar-refractivity contribution in [2.45, 2.75) is 13.0 Å². The van der Waals surface area contributed by atoms with Crippen LogP contribution in [0.25, 0.3) is 0 Å². The lowest BCUT2D eigenvalue weighted by molar-refractivity contribution is -0.142. The molecule has 2 aromatic rings. The third-order valence-electron chi connectivity index (χ3n) is 5.04. The Morgan fingerprint density at radius 1 is 1.11 bits per heavy atom. The Bertz CT molecular complexity index is 911. The molecule has 146 valence electrons. The van der Waals surface area contributed by atoms with E-state index in [1.807, 2.05) is 0 Å². The number of nitrogens with zero attached hydrogens (tertiary/aromatic N) is 2. The number of halogens is 1. The van der Waals surface area contributed by atoms with E-state index in [4.69, 9.17) is 9.47 Å². The van der Waals surface area contributed by atoms with Gasteiger partial charge in [0.15, 0.2) is 6.10 Å². The van der Waals surface area contributed by atoms with E-state index in [0.717, 1.165) is 0 Å². The zero-order chi connectivity index (χ0) is 19.7. The standard InChI is InChI=1S/C21H21FN2O4/c1-14-6-7-15(12-16(14)22)20(25)24-13-19(21(26)23-8-10-27-11-9-23)28-18-5-3-2-4-17(18)24/h2-7,12,19H,8-11,13H2,1H3. The average Bonchev–Trinajstić information content (AvgIpc) is 2.74. The lowest BCUT2D eigenvalue weighted by Crippen LogP contribution is -2.54. The molecule has 0 bridgehead atoms. The van der Waals surface area contributed by atoms with Crippen LogP contribution in [0.3, 0.4) is 0 Å². The quantitative estimate of drug-likeness (QED) is 0.798. The van der Waals surface area contributed by atoms with Crippen molar-refractivity contribution in [1.82, 2.24) is 4.90 Å². The molecule has 2 heterocycles. The number of carbonyl (C=O) groups is 2. The van der Waals surface area contributed by atoms with Gasteiger partial charge in [0, 0.05) is 18.7 Å². The Hall–Kier alpha value is -2.93. The summed E-state index contributed by atoms with van der Waals surface area (Å²) in [6, 6.07) is 11.5. The molecule has 1 saturated heterocycles. The molecule has 4 rings (SSSR count). The molecule has 0 N–H and O–H groups in total. The number of ether oxygens (including phenoxy) is 2. The van der Waals surface area contributed by atoms with Crippen molar-refractivity contribution in [1.29, 1.82) is 0 Å². The van der Waals surface area contributed by atoms with Crippen LogP contribution < -0.4 is 9.64 Å². The summed E-state index contributed by atoms with van der Waals surface area (Å²) in [6.45, 7) is 3.68. The van der Waals surface area contributed by atoms with E-state index in [1.165, 1.54) is 11.0 Å². The number of para-hydroxylation sites is 2. The fourth-order valence-corrected chi connectivity index (χ4v) is 3.42. The molecule has 2 amide bonds. The number of amides is 2. The molecule has 28 heavy (non-hydrogen) atoms. The van der Waals surface area contributed by atoms with Crippen LogP contribution in [0, 0.1) is 12.7 Å². The van der Waals surface area contributed by atoms with Gasteiger partial charge in [-0.25, -0.2) is 4.39 Å². The molecule has 0 radical (unpaired) electrons. The Morgan fingerprint density at radius 2 is 1.86 bits per heavy atom. The van der Waals surface area contributed by atoms with Gasteiger partial charge in [0.2, 0.25) is 0 Å². The number of carbonyl (C=O) groups excluding carboxylic acids is 2. The van der Waals surface area contributed by atoms with E-state index in [0.29, 0.717) is 43.3 Å². The van der Waals surface area contributed by atoms with Crippen molar-refractivity contribution >= 4 is 17.5 Å². The molecule has 0 aromatic heterocycles. The highest BCUT2D eigenvalue weighted by Crippen LogP contribution is 2.34. The summed E-state index contributed by atoms with van der Waals surface area (Å²) in [5.74, 6) is -0.519. The number of benzene rings is 2. The molecule has 1 unspecified atom stereocenters. The van der Waals surface area contributed by atoms with Gasteiger partial charge >= 0.3 is 0 Å². The second-order valence-corrected chi connectivity index (χ2v) is 6.89. The summed E-state index contributed by atoms with van der Waals surface area (Å²) >= 11 is 0. The normalized spacial score (nSPS) is 19.0. The van der Waals surface area contributed by atoms with E-state index in [9.17, 15) is 14.0 Å². The van der Waals surface area contributed by atoms with Crippen LogP contribution in [0.15, 0.2) is 42.5 Å². The molecular formula is C21H21FN2O4. The maximum absolute atomic E-state index is 14.0. The summed E-state index contributed by atoms with van der Waals surface area (Å²) in [6.07, 6.45) is -0.813. The third-order valence-corrected chi connectivity index (χ3v) is 5.04. The van der Waals surface area contributed by atoms with Crippen molar-refractivity contribution in [3.63, 3.8) is 0 Å². The van der Waals surface area contributed by atoms with Crippen LogP contribution >= 0.6 is 0 Å². The summed E-state index contributed by atoms with van der Waals surface area (Å²) in [7, 11) is 0. The summed E-state index contributed by atoms with van der Waals surface area (Å²) in [5.41, 5.74) is 1.27. The average molecular weight is 384 g/mol. The fraction of sp³-hybridized carbons (Fsp3) is 0.333. The van der Waals surface area contributed by atoms with E-state index in [1.54, 1.807) is 48.2 Å². The second-order valence-electron chi connectivity index (χ2n) is 6.89. The Balaban J connectivity index is 1.64. The first-order valence-corrected chi connectivity index (χ1v) is 9.25. The molecule has 0 spiro atoms. The summed E-state index contributed by atoms with van der Waals surface area (Å²) in [4.78, 5) is 29.2. The van der Waals surface area contributed by atoms with Crippen LogP contribution in [-0.4, -0.2) is 55.7 Å². The SMILES string of the molecule is Cc1ccc(C(=O)N2CC(C(=O)N3CCOCC3)Oc3ccccc32)cc1F. The fourth-order valence-electron chi connectivity index (χ4n) is 3.42. The molecule has 2 aliphatic rings. The van der Waals surface area contributed by atoms with Gasteiger partial charge in [-0.3, -0.25) is 9.59 Å². The van der Waals surface area contributed by atoms with Gasteiger partial charge in [0.05, 0.1) is 25.4 Å². The predicted molar refractivity (Wildman–Crippen MR) is 101 cm³/mol. The Kier molecular flexibility index (Phi) is 5.00. The molecule has 1 atom stereocenters. The molecule has 7 heteroatoms. The number of hydrogen-bond acceptors (Lipinski definition) is 4. The van der Waals surface area contributed by atoms with Crippen LogP contribution in [0.5, 0.6) is 5.75 Å². The minimum absolute atomic E-state index is 0.0710. The molecular weight excluding hydrogens is 363 g/mol. The molecule has 0 saturated carbocycles. The minimum atomic E-state index is -0.813. The van der Waals surface area contributed by atoms with Gasteiger partial charge in [0.25, 0.3) is 11.8 Å². The molecule has 2 aromatic carbocycles. The van der Waals surface area contributed by atoms with Crippen molar-refractivity contribution in [2.75, 3.05) is 37.7 Å². The van der Waals surface area contributed by atoms with Crippen LogP contribution in [0.1, 0.15) is 15.9 Å². The molecule has 1 fully saturated rings. The van der Waals surface area contributed by atoms with E-state index < -0.39 is 11.9 Å². The summed E-state index contributed by atoms with van der Waals surface area (Å²) in [5, 5.41) is 0. The number of anilines is 1. The third kappa shape index (κ3) is 3.45. The predicted octanol–water partition coefficient (Wildman–Crippen LogP) is 2.40. The molecule has 0 aliphatic carbocycles. The minimum Gasteiger partial charge on any atom is -0.476 e. The maximum atomic E-state index is 14.0. The smallest absolute Gasteiger partial charge is 0.265 e. The zero-order valence-corrected chi connectivity index (χ0v) is 15.6. The highest BCUT2D eigenvalue weighted by molar-refractivity contribution is 6.08. The van der Waals surface area contributed by atoms with Crippen molar-refractivity contribution in [2.24, 2.45) is 0 Å². The number of aryl methyl sites for hydroxylation is 1. The summed E-state index contributed by atoms with van der Waals surface area (Å²) < 4.78 is 25.2. The van der Waals surface area contributed by atoms with Gasteiger partial charge in [-0.2, -0.15) is 0 Å². The molecule has 2 aliphatic heterocycles. The number of fused-ring (bicyclic) bond motifs is 1. The van der Waals surface area contributed by atoms with Gasteiger partial charge in [-0.1, -0.05) is 18.2 Å². The van der Waals surface area contributed by atoms with Gasteiger partial charge in [-0.15, -0.1) is 0 Å². The van der Waals surface area contributed by atoms with Crippen molar-refractivity contribution in [3.8, 4) is 5.75 Å². The van der Waals surface area contributed by atoms with Crippen LogP contribution in [0.2, 0.25) is 0 Å². The first kappa shape index (κ1) is 18.4. The van der Waals surface area contributed by atoms with E-state index in [2.05, 4.69) is 0 Å². The van der Waals surface area contributed by atoms with E-state index in [-0.39, 0.29) is 23.9 Å². The van der Waals surface area contributed by atoms with Crippen molar-refractivity contribution < 1.29 is 23.5 Å². The zero-order valence-electron chi connectivity index (χ0n) is 15.6. The number of morpholine rings is 1. The highest BCUT2D eigenvalue weighted by atomic mass is 19.1. The molecule has 6 nitrogen and oxygen atoms in total. The number of rotatable bonds is 2. The topological polar surface area (TPSA) is 59.1 Å². The monoisotopic (exact) mass is 384 g/mol.